The summed E-state index contributed by atoms with van der Waals surface area (Å²) in [6, 6.07) is 8.15. The fourth-order valence-electron chi connectivity index (χ4n) is 1.29. The van der Waals surface area contributed by atoms with Crippen molar-refractivity contribution in [1.82, 2.24) is 0 Å². The number of thiophene rings is 1. The minimum absolute atomic E-state index is 0.841. The van der Waals surface area contributed by atoms with Gasteiger partial charge in [-0.15, -0.1) is 11.3 Å². The molecule has 66 valence electrons. The van der Waals surface area contributed by atoms with Gasteiger partial charge < -0.3 is 0 Å². The summed E-state index contributed by atoms with van der Waals surface area (Å²) in [6.45, 7) is 5.89. The molecule has 13 heavy (non-hydrogen) atoms. The molecule has 2 heteroatoms. The zero-order valence-electron chi connectivity index (χ0n) is 7.30. The van der Waals surface area contributed by atoms with Crippen LogP contribution in [0.4, 0.5) is 0 Å². The van der Waals surface area contributed by atoms with Gasteiger partial charge in [-0.3, -0.25) is 0 Å². The van der Waals surface area contributed by atoms with Crippen LogP contribution in [0.25, 0.3) is 15.7 Å². The highest BCUT2D eigenvalue weighted by molar-refractivity contribution is 7.20. The molecule has 0 saturated heterocycles. The van der Waals surface area contributed by atoms with Crippen molar-refractivity contribution in [2.45, 2.75) is 6.92 Å². The van der Waals surface area contributed by atoms with Crippen LogP contribution >= 0.6 is 22.9 Å². The van der Waals surface area contributed by atoms with Crippen molar-refractivity contribution in [1.29, 1.82) is 0 Å². The summed E-state index contributed by atoms with van der Waals surface area (Å²) in [5.41, 5.74) is 1.03. The number of hydrogen-bond donors (Lipinski definition) is 0. The molecule has 0 unspecified atom stereocenters. The molecule has 2 rings (SSSR count). The Hall–Kier alpha value is -0.790. The molecular weight excluding hydrogens is 200 g/mol. The zero-order valence-corrected chi connectivity index (χ0v) is 8.88. The van der Waals surface area contributed by atoms with Gasteiger partial charge in [0.2, 0.25) is 0 Å². The van der Waals surface area contributed by atoms with Gasteiger partial charge in [0.25, 0.3) is 0 Å². The Morgan fingerprint density at radius 1 is 1.38 bits per heavy atom. The average Bonchev–Trinajstić information content (AvgIpc) is 2.45. The maximum Gasteiger partial charge on any atom is 0.0667 e. The fraction of sp³-hybridized carbons (Fsp3) is 0.0909. The topological polar surface area (TPSA) is 0 Å². The quantitative estimate of drug-likeness (QED) is 0.643. The minimum atomic E-state index is 0.841. The first-order valence-electron chi connectivity index (χ1n) is 4.03. The lowest BCUT2D eigenvalue weighted by Crippen LogP contribution is -1.68. The predicted octanol–water partition coefficient (Wildman–Crippen LogP) is 4.59. The van der Waals surface area contributed by atoms with Gasteiger partial charge in [-0.05, 0) is 18.6 Å². The maximum absolute atomic E-state index is 6.20. The summed E-state index contributed by atoms with van der Waals surface area (Å²) < 4.78 is 1.23. The second-order valence-electron chi connectivity index (χ2n) is 3.02. The first kappa shape index (κ1) is 8.79. The largest absolute Gasteiger partial charge is 0.134 e. The Morgan fingerprint density at radius 2 is 2.08 bits per heavy atom. The van der Waals surface area contributed by atoms with Crippen molar-refractivity contribution < 1.29 is 0 Å². The van der Waals surface area contributed by atoms with Crippen molar-refractivity contribution in [2.24, 2.45) is 0 Å². The number of benzene rings is 1. The summed E-state index contributed by atoms with van der Waals surface area (Å²) in [7, 11) is 0. The number of hydrogen-bond acceptors (Lipinski definition) is 1. The number of rotatable bonds is 1. The normalized spacial score (nSPS) is 10.6. The summed E-state index contributed by atoms with van der Waals surface area (Å²) in [6.07, 6.45) is 0. The van der Waals surface area contributed by atoms with E-state index in [-0.39, 0.29) is 0 Å². The molecule has 1 aromatic carbocycles. The molecule has 0 aliphatic carbocycles. The molecule has 0 nitrogen and oxygen atoms in total. The fourth-order valence-corrected chi connectivity index (χ4v) is 2.81. The van der Waals surface area contributed by atoms with E-state index in [1.165, 1.54) is 4.70 Å². The van der Waals surface area contributed by atoms with Gasteiger partial charge in [-0.2, -0.15) is 0 Å². The molecule has 2 aromatic rings. The second kappa shape index (κ2) is 3.17. The third-order valence-corrected chi connectivity index (χ3v) is 3.76. The molecule has 1 heterocycles. The van der Waals surface area contributed by atoms with Crippen LogP contribution in [0, 0.1) is 0 Å². The maximum atomic E-state index is 6.20. The van der Waals surface area contributed by atoms with Crippen LogP contribution in [0.1, 0.15) is 11.8 Å². The van der Waals surface area contributed by atoms with Gasteiger partial charge in [-0.1, -0.05) is 36.4 Å². The lowest BCUT2D eigenvalue weighted by Gasteiger charge is -1.92. The molecular formula is C11H9ClS. The highest BCUT2D eigenvalue weighted by Gasteiger charge is 2.09. The van der Waals surface area contributed by atoms with Crippen molar-refractivity contribution in [2.75, 3.05) is 0 Å². The summed E-state index contributed by atoms with van der Waals surface area (Å²) in [5.74, 6) is 0. The number of allylic oxidation sites excluding steroid dienone is 1. The molecule has 0 fully saturated rings. The molecule has 0 amide bonds. The van der Waals surface area contributed by atoms with E-state index in [2.05, 4.69) is 12.6 Å². The molecule has 0 saturated carbocycles. The van der Waals surface area contributed by atoms with Crippen molar-refractivity contribution >= 4 is 38.6 Å². The van der Waals surface area contributed by atoms with Gasteiger partial charge in [0.05, 0.1) is 5.02 Å². The van der Waals surface area contributed by atoms with E-state index in [1.807, 2.05) is 25.1 Å². The Bertz CT molecular complexity index is 468. The van der Waals surface area contributed by atoms with Gasteiger partial charge in [-0.25, -0.2) is 0 Å². The molecule has 0 atom stereocenters. The number of halogens is 1. The van der Waals surface area contributed by atoms with Crippen LogP contribution < -0.4 is 0 Å². The smallest absolute Gasteiger partial charge is 0.0667 e. The van der Waals surface area contributed by atoms with Crippen LogP contribution in [0.3, 0.4) is 0 Å². The van der Waals surface area contributed by atoms with Gasteiger partial charge in [0.1, 0.15) is 0 Å². The molecule has 1 aromatic heterocycles. The first-order valence-corrected chi connectivity index (χ1v) is 5.22. The molecule has 0 spiro atoms. The lowest BCUT2D eigenvalue weighted by molar-refractivity contribution is 1.75. The van der Waals surface area contributed by atoms with Crippen LogP contribution in [-0.2, 0) is 0 Å². The van der Waals surface area contributed by atoms with E-state index >= 15 is 0 Å². The van der Waals surface area contributed by atoms with E-state index in [4.69, 9.17) is 11.6 Å². The zero-order chi connectivity index (χ0) is 9.42. The Labute approximate surface area is 86.5 Å². The highest BCUT2D eigenvalue weighted by Crippen LogP contribution is 2.38. The van der Waals surface area contributed by atoms with Crippen molar-refractivity contribution in [3.63, 3.8) is 0 Å². The third kappa shape index (κ3) is 1.38. The van der Waals surface area contributed by atoms with E-state index in [0.29, 0.717) is 0 Å². The summed E-state index contributed by atoms with van der Waals surface area (Å²) in [4.78, 5) is 1.10. The predicted molar refractivity (Wildman–Crippen MR) is 61.5 cm³/mol. The SMILES string of the molecule is C=C(C)c1sc2ccccc2c1Cl. The standard InChI is InChI=1S/C11H9ClS/c1-7(2)11-10(12)8-5-3-4-6-9(8)13-11/h3-6H,1H2,2H3. The highest BCUT2D eigenvalue weighted by atomic mass is 35.5. The Kier molecular flexibility index (Phi) is 2.14. The second-order valence-corrected chi connectivity index (χ2v) is 4.45. The molecule has 0 N–H and O–H groups in total. The van der Waals surface area contributed by atoms with Gasteiger partial charge in [0.15, 0.2) is 0 Å². The van der Waals surface area contributed by atoms with Gasteiger partial charge in [0, 0.05) is 15.0 Å². The van der Waals surface area contributed by atoms with Crippen molar-refractivity contribution in [3.05, 3.63) is 40.7 Å². The van der Waals surface area contributed by atoms with E-state index in [1.54, 1.807) is 11.3 Å². The molecule has 0 radical (unpaired) electrons. The Balaban J connectivity index is 2.81. The number of fused-ring (bicyclic) bond motifs is 1. The minimum Gasteiger partial charge on any atom is -0.134 e. The molecule has 0 aliphatic rings. The van der Waals surface area contributed by atoms with Crippen molar-refractivity contribution in [3.8, 4) is 0 Å². The van der Waals surface area contributed by atoms with Crippen LogP contribution in [0.15, 0.2) is 30.8 Å². The Morgan fingerprint density at radius 3 is 2.69 bits per heavy atom. The van der Waals surface area contributed by atoms with E-state index in [0.717, 1.165) is 20.9 Å². The molecule has 0 bridgehead atoms. The average molecular weight is 209 g/mol. The van der Waals surface area contributed by atoms with E-state index < -0.39 is 0 Å². The third-order valence-electron chi connectivity index (χ3n) is 1.92. The first-order chi connectivity index (χ1) is 6.20. The van der Waals surface area contributed by atoms with Crippen LogP contribution in [0.5, 0.6) is 0 Å². The van der Waals surface area contributed by atoms with Crippen LogP contribution in [0.2, 0.25) is 5.02 Å². The summed E-state index contributed by atoms with van der Waals surface area (Å²) in [5, 5.41) is 1.97. The van der Waals surface area contributed by atoms with Gasteiger partial charge >= 0.3 is 0 Å². The van der Waals surface area contributed by atoms with E-state index in [9.17, 15) is 0 Å². The van der Waals surface area contributed by atoms with Crippen LogP contribution in [-0.4, -0.2) is 0 Å². The molecule has 0 aliphatic heterocycles. The lowest BCUT2D eigenvalue weighted by atomic mass is 10.2. The summed E-state index contributed by atoms with van der Waals surface area (Å²) >= 11 is 7.90. The monoisotopic (exact) mass is 208 g/mol.